The first-order valence-electron chi connectivity index (χ1n) is 4.89. The summed E-state index contributed by atoms with van der Waals surface area (Å²) in [7, 11) is 0. The molecule has 0 amide bonds. The molecule has 4 nitrogen and oxygen atoms in total. The van der Waals surface area contributed by atoms with Gasteiger partial charge < -0.3 is 15.6 Å². The molecule has 1 saturated heterocycles. The van der Waals surface area contributed by atoms with Crippen LogP contribution >= 0.6 is 0 Å². The largest absolute Gasteiger partial charge is 0.392 e. The van der Waals surface area contributed by atoms with Crippen LogP contribution in [0.3, 0.4) is 0 Å². The van der Waals surface area contributed by atoms with Gasteiger partial charge >= 0.3 is 0 Å². The lowest BCUT2D eigenvalue weighted by molar-refractivity contribution is -0.0541. The third-order valence-electron chi connectivity index (χ3n) is 2.71. The summed E-state index contributed by atoms with van der Waals surface area (Å²) in [4.78, 5) is 2.23. The molecule has 0 saturated carbocycles. The second-order valence-corrected chi connectivity index (χ2v) is 3.70. The van der Waals surface area contributed by atoms with Gasteiger partial charge in [-0.1, -0.05) is 0 Å². The van der Waals surface area contributed by atoms with Crippen molar-refractivity contribution in [2.45, 2.75) is 32.1 Å². The number of nitrogens with two attached hydrogens (primary N) is 1. The molecule has 1 fully saturated rings. The van der Waals surface area contributed by atoms with Gasteiger partial charge in [0.05, 0.1) is 18.8 Å². The highest BCUT2D eigenvalue weighted by Gasteiger charge is 2.25. The molecule has 1 aliphatic rings. The van der Waals surface area contributed by atoms with E-state index in [4.69, 9.17) is 10.5 Å². The monoisotopic (exact) mass is 188 g/mol. The lowest BCUT2D eigenvalue weighted by Gasteiger charge is -2.37. The van der Waals surface area contributed by atoms with Gasteiger partial charge in [0.1, 0.15) is 0 Å². The van der Waals surface area contributed by atoms with Crippen LogP contribution in [-0.2, 0) is 4.74 Å². The SMILES string of the molecule is CC(O)C(C)N1CCOC(CN)C1. The fraction of sp³-hybridized carbons (Fsp3) is 1.00. The first kappa shape index (κ1) is 10.9. The quantitative estimate of drug-likeness (QED) is 0.622. The van der Waals surface area contributed by atoms with Crippen molar-refractivity contribution in [2.24, 2.45) is 5.73 Å². The summed E-state index contributed by atoms with van der Waals surface area (Å²) < 4.78 is 5.44. The molecule has 0 spiro atoms. The number of aliphatic hydroxyl groups excluding tert-OH is 1. The first-order chi connectivity index (χ1) is 6.15. The molecular weight excluding hydrogens is 168 g/mol. The average Bonchev–Trinajstić information content (AvgIpc) is 2.16. The van der Waals surface area contributed by atoms with E-state index in [1.165, 1.54) is 0 Å². The van der Waals surface area contributed by atoms with Gasteiger partial charge in [0, 0.05) is 25.7 Å². The van der Waals surface area contributed by atoms with Gasteiger partial charge in [0.2, 0.25) is 0 Å². The predicted molar refractivity (Wildman–Crippen MR) is 51.5 cm³/mol. The summed E-state index contributed by atoms with van der Waals surface area (Å²) in [6, 6.07) is 0.193. The number of nitrogens with zero attached hydrogens (tertiary/aromatic N) is 1. The Morgan fingerprint density at radius 2 is 2.31 bits per heavy atom. The fourth-order valence-electron chi connectivity index (χ4n) is 1.56. The molecule has 3 atom stereocenters. The minimum absolute atomic E-state index is 0.134. The Morgan fingerprint density at radius 1 is 1.62 bits per heavy atom. The van der Waals surface area contributed by atoms with Gasteiger partial charge in [-0.15, -0.1) is 0 Å². The summed E-state index contributed by atoms with van der Waals surface area (Å²) in [5.41, 5.74) is 5.53. The molecule has 0 aromatic carbocycles. The molecule has 1 heterocycles. The van der Waals surface area contributed by atoms with Crippen LogP contribution in [-0.4, -0.2) is 54.5 Å². The highest BCUT2D eigenvalue weighted by Crippen LogP contribution is 2.10. The van der Waals surface area contributed by atoms with Crippen LogP contribution in [0.15, 0.2) is 0 Å². The number of hydrogen-bond donors (Lipinski definition) is 2. The Hall–Kier alpha value is -0.160. The Balaban J connectivity index is 2.41. The summed E-state index contributed by atoms with van der Waals surface area (Å²) in [5, 5.41) is 9.42. The van der Waals surface area contributed by atoms with Crippen LogP contribution in [0.5, 0.6) is 0 Å². The van der Waals surface area contributed by atoms with Crippen LogP contribution < -0.4 is 5.73 Å². The second-order valence-electron chi connectivity index (χ2n) is 3.70. The van der Waals surface area contributed by atoms with Gasteiger partial charge in [-0.05, 0) is 13.8 Å². The van der Waals surface area contributed by atoms with Crippen molar-refractivity contribution in [3.63, 3.8) is 0 Å². The van der Waals surface area contributed by atoms with E-state index in [1.54, 1.807) is 0 Å². The zero-order valence-electron chi connectivity index (χ0n) is 8.44. The van der Waals surface area contributed by atoms with E-state index in [-0.39, 0.29) is 18.2 Å². The topological polar surface area (TPSA) is 58.7 Å². The highest BCUT2D eigenvalue weighted by molar-refractivity contribution is 4.78. The molecule has 78 valence electrons. The molecule has 3 N–H and O–H groups in total. The van der Waals surface area contributed by atoms with E-state index in [0.29, 0.717) is 6.54 Å². The van der Waals surface area contributed by atoms with Gasteiger partial charge in [0.15, 0.2) is 0 Å². The number of rotatable bonds is 3. The van der Waals surface area contributed by atoms with Crippen LogP contribution in [0, 0.1) is 0 Å². The van der Waals surface area contributed by atoms with E-state index < -0.39 is 0 Å². The molecule has 0 aromatic heterocycles. The number of hydrogen-bond acceptors (Lipinski definition) is 4. The fourth-order valence-corrected chi connectivity index (χ4v) is 1.56. The van der Waals surface area contributed by atoms with Gasteiger partial charge in [-0.2, -0.15) is 0 Å². The molecule has 0 aliphatic carbocycles. The third-order valence-corrected chi connectivity index (χ3v) is 2.71. The minimum atomic E-state index is -0.295. The van der Waals surface area contributed by atoms with E-state index >= 15 is 0 Å². The minimum Gasteiger partial charge on any atom is -0.392 e. The van der Waals surface area contributed by atoms with E-state index in [9.17, 15) is 5.11 Å². The van der Waals surface area contributed by atoms with Gasteiger partial charge in [-0.3, -0.25) is 4.90 Å². The molecular formula is C9H20N2O2. The summed E-state index contributed by atoms with van der Waals surface area (Å²) in [6.45, 7) is 6.86. The van der Waals surface area contributed by atoms with E-state index in [2.05, 4.69) is 4.90 Å². The van der Waals surface area contributed by atoms with Crippen molar-refractivity contribution >= 4 is 0 Å². The second kappa shape index (κ2) is 4.91. The molecule has 13 heavy (non-hydrogen) atoms. The average molecular weight is 188 g/mol. The molecule has 1 rings (SSSR count). The standard InChI is InChI=1S/C9H20N2O2/c1-7(8(2)12)11-3-4-13-9(5-10)6-11/h7-9,12H,3-6,10H2,1-2H3. The summed E-state index contributed by atoms with van der Waals surface area (Å²) in [6.07, 6.45) is -0.161. The van der Waals surface area contributed by atoms with Gasteiger partial charge in [0.25, 0.3) is 0 Å². The first-order valence-corrected chi connectivity index (χ1v) is 4.89. The van der Waals surface area contributed by atoms with Gasteiger partial charge in [-0.25, -0.2) is 0 Å². The molecule has 3 unspecified atom stereocenters. The molecule has 0 radical (unpaired) electrons. The lowest BCUT2D eigenvalue weighted by atomic mass is 10.1. The van der Waals surface area contributed by atoms with Crippen molar-refractivity contribution in [3.05, 3.63) is 0 Å². The van der Waals surface area contributed by atoms with Crippen molar-refractivity contribution in [1.29, 1.82) is 0 Å². The lowest BCUT2D eigenvalue weighted by Crippen LogP contribution is -2.51. The zero-order valence-corrected chi connectivity index (χ0v) is 8.44. The summed E-state index contributed by atoms with van der Waals surface area (Å²) >= 11 is 0. The molecule has 0 aromatic rings. The van der Waals surface area contributed by atoms with Crippen LogP contribution in [0.1, 0.15) is 13.8 Å². The normalized spacial score (nSPS) is 30.0. The maximum Gasteiger partial charge on any atom is 0.0824 e. The number of morpholine rings is 1. The number of aliphatic hydroxyl groups is 1. The molecule has 4 heteroatoms. The smallest absolute Gasteiger partial charge is 0.0824 e. The zero-order chi connectivity index (χ0) is 9.84. The Kier molecular flexibility index (Phi) is 4.12. The Bertz CT molecular complexity index is 153. The van der Waals surface area contributed by atoms with E-state index in [1.807, 2.05) is 13.8 Å². The van der Waals surface area contributed by atoms with Crippen LogP contribution in [0.2, 0.25) is 0 Å². The summed E-state index contributed by atoms with van der Waals surface area (Å²) in [5.74, 6) is 0. The van der Waals surface area contributed by atoms with Crippen LogP contribution in [0.25, 0.3) is 0 Å². The number of ether oxygens (including phenoxy) is 1. The van der Waals surface area contributed by atoms with Crippen molar-refractivity contribution in [1.82, 2.24) is 4.90 Å². The molecule has 1 aliphatic heterocycles. The Labute approximate surface area is 79.7 Å². The van der Waals surface area contributed by atoms with E-state index in [0.717, 1.165) is 19.7 Å². The Morgan fingerprint density at radius 3 is 2.85 bits per heavy atom. The third kappa shape index (κ3) is 2.91. The van der Waals surface area contributed by atoms with Crippen LogP contribution in [0.4, 0.5) is 0 Å². The maximum atomic E-state index is 9.42. The van der Waals surface area contributed by atoms with Crippen molar-refractivity contribution in [3.8, 4) is 0 Å². The predicted octanol–water partition coefficient (Wildman–Crippen LogP) is -0.585. The van der Waals surface area contributed by atoms with Crippen molar-refractivity contribution < 1.29 is 9.84 Å². The molecule has 0 bridgehead atoms. The van der Waals surface area contributed by atoms with Crippen molar-refractivity contribution in [2.75, 3.05) is 26.2 Å². The highest BCUT2D eigenvalue weighted by atomic mass is 16.5. The maximum absolute atomic E-state index is 9.42.